The molecule has 4 nitrogen and oxygen atoms in total. The van der Waals surface area contributed by atoms with E-state index in [0.717, 1.165) is 36.6 Å². The summed E-state index contributed by atoms with van der Waals surface area (Å²) in [5, 5.41) is 3.07. The summed E-state index contributed by atoms with van der Waals surface area (Å²) in [5.74, 6) is 0.000484. The number of nitrogens with one attached hydrogen (secondary N) is 1. The SMILES string of the molecule is Cc1cc(C(=O)NCCN(C)Cc2ccccc2)c(C)n1Cc1ccccc1. The smallest absolute Gasteiger partial charge is 0.253 e. The maximum absolute atomic E-state index is 12.7. The minimum atomic E-state index is 0.000484. The summed E-state index contributed by atoms with van der Waals surface area (Å²) in [6, 6.07) is 22.7. The second-order valence-electron chi connectivity index (χ2n) is 7.34. The molecule has 1 heterocycles. The minimum absolute atomic E-state index is 0.000484. The lowest BCUT2D eigenvalue weighted by atomic mass is 10.2. The summed E-state index contributed by atoms with van der Waals surface area (Å²) in [6.07, 6.45) is 0. The largest absolute Gasteiger partial charge is 0.351 e. The number of nitrogens with zero attached hydrogens (tertiary/aromatic N) is 2. The number of likely N-dealkylation sites (N-methyl/N-ethyl adjacent to an activating group) is 1. The van der Waals surface area contributed by atoms with Gasteiger partial charge in [-0.25, -0.2) is 0 Å². The first-order valence-electron chi connectivity index (χ1n) is 9.76. The summed E-state index contributed by atoms with van der Waals surface area (Å²) in [4.78, 5) is 14.9. The number of rotatable bonds is 8. The molecule has 0 spiro atoms. The molecule has 1 N–H and O–H groups in total. The van der Waals surface area contributed by atoms with E-state index in [-0.39, 0.29) is 5.91 Å². The van der Waals surface area contributed by atoms with E-state index in [1.807, 2.05) is 37.3 Å². The topological polar surface area (TPSA) is 37.3 Å². The fourth-order valence-electron chi connectivity index (χ4n) is 3.47. The van der Waals surface area contributed by atoms with Crippen LogP contribution in [0.25, 0.3) is 0 Å². The van der Waals surface area contributed by atoms with Crippen LogP contribution in [-0.4, -0.2) is 35.5 Å². The normalized spacial score (nSPS) is 11.0. The van der Waals surface area contributed by atoms with Gasteiger partial charge in [0.2, 0.25) is 0 Å². The second-order valence-corrected chi connectivity index (χ2v) is 7.34. The number of carbonyl (C=O) groups is 1. The molecule has 2 aromatic carbocycles. The fraction of sp³-hybridized carbons (Fsp3) is 0.292. The van der Waals surface area contributed by atoms with Crippen LogP contribution in [-0.2, 0) is 13.1 Å². The third-order valence-electron chi connectivity index (χ3n) is 5.08. The first-order valence-corrected chi connectivity index (χ1v) is 9.76. The van der Waals surface area contributed by atoms with Crippen molar-refractivity contribution in [3.63, 3.8) is 0 Å². The highest BCUT2D eigenvalue weighted by atomic mass is 16.1. The van der Waals surface area contributed by atoms with Gasteiger partial charge < -0.3 is 14.8 Å². The van der Waals surface area contributed by atoms with Gasteiger partial charge in [0.05, 0.1) is 5.56 Å². The molecule has 0 atom stereocenters. The third kappa shape index (κ3) is 5.11. The van der Waals surface area contributed by atoms with Crippen molar-refractivity contribution in [1.82, 2.24) is 14.8 Å². The summed E-state index contributed by atoms with van der Waals surface area (Å²) in [5.41, 5.74) is 5.39. The first-order chi connectivity index (χ1) is 13.5. The number of benzene rings is 2. The van der Waals surface area contributed by atoms with Crippen LogP contribution in [0.3, 0.4) is 0 Å². The number of aromatic nitrogens is 1. The van der Waals surface area contributed by atoms with Gasteiger partial charge in [0.1, 0.15) is 0 Å². The molecule has 0 fully saturated rings. The monoisotopic (exact) mass is 375 g/mol. The van der Waals surface area contributed by atoms with E-state index < -0.39 is 0 Å². The number of aryl methyl sites for hydroxylation is 1. The number of amides is 1. The Morgan fingerprint density at radius 2 is 1.57 bits per heavy atom. The minimum Gasteiger partial charge on any atom is -0.351 e. The Kier molecular flexibility index (Phi) is 6.66. The molecule has 0 unspecified atom stereocenters. The summed E-state index contributed by atoms with van der Waals surface area (Å²) in [6.45, 7) is 7.18. The predicted molar refractivity (Wildman–Crippen MR) is 115 cm³/mol. The third-order valence-corrected chi connectivity index (χ3v) is 5.08. The van der Waals surface area contributed by atoms with Crippen molar-refractivity contribution in [2.75, 3.05) is 20.1 Å². The van der Waals surface area contributed by atoms with Gasteiger partial charge >= 0.3 is 0 Å². The molecule has 0 saturated carbocycles. The Balaban J connectivity index is 1.55. The van der Waals surface area contributed by atoms with Gasteiger partial charge in [0.15, 0.2) is 0 Å². The van der Waals surface area contributed by atoms with E-state index >= 15 is 0 Å². The standard InChI is InChI=1S/C24H29N3O/c1-19-16-23(20(2)27(19)18-22-12-8-5-9-13-22)24(28)25-14-15-26(3)17-21-10-6-4-7-11-21/h4-13,16H,14-15,17-18H2,1-3H3,(H,25,28). The van der Waals surface area contributed by atoms with Crippen LogP contribution in [0, 0.1) is 13.8 Å². The highest BCUT2D eigenvalue weighted by molar-refractivity contribution is 5.95. The lowest BCUT2D eigenvalue weighted by Crippen LogP contribution is -2.33. The Labute approximate surface area is 167 Å². The van der Waals surface area contributed by atoms with Gasteiger partial charge in [0.25, 0.3) is 5.91 Å². The lowest BCUT2D eigenvalue weighted by Gasteiger charge is -2.17. The van der Waals surface area contributed by atoms with E-state index in [2.05, 4.69) is 65.2 Å². The lowest BCUT2D eigenvalue weighted by molar-refractivity contribution is 0.0949. The van der Waals surface area contributed by atoms with Crippen molar-refractivity contribution in [3.8, 4) is 0 Å². The Bertz CT molecular complexity index is 900. The molecule has 4 heteroatoms. The average Bonchev–Trinajstić information content (AvgIpc) is 2.98. The number of hydrogen-bond donors (Lipinski definition) is 1. The number of hydrogen-bond acceptors (Lipinski definition) is 2. The van der Waals surface area contributed by atoms with E-state index in [1.54, 1.807) is 0 Å². The zero-order valence-corrected chi connectivity index (χ0v) is 17.0. The number of carbonyl (C=O) groups excluding carboxylic acids is 1. The van der Waals surface area contributed by atoms with Crippen LogP contribution in [0.4, 0.5) is 0 Å². The van der Waals surface area contributed by atoms with E-state index in [9.17, 15) is 4.79 Å². The molecule has 0 bridgehead atoms. The molecule has 0 aliphatic heterocycles. The summed E-state index contributed by atoms with van der Waals surface area (Å²) in [7, 11) is 2.07. The molecular formula is C24H29N3O. The zero-order chi connectivity index (χ0) is 19.9. The van der Waals surface area contributed by atoms with Gasteiger partial charge in [-0.05, 0) is 38.1 Å². The van der Waals surface area contributed by atoms with Gasteiger partial charge in [0, 0.05) is 37.6 Å². The Hall–Kier alpha value is -2.85. The highest BCUT2D eigenvalue weighted by Gasteiger charge is 2.15. The van der Waals surface area contributed by atoms with Crippen LogP contribution < -0.4 is 5.32 Å². The van der Waals surface area contributed by atoms with Crippen LogP contribution in [0.2, 0.25) is 0 Å². The van der Waals surface area contributed by atoms with E-state index in [1.165, 1.54) is 11.1 Å². The fourth-order valence-corrected chi connectivity index (χ4v) is 3.47. The second kappa shape index (κ2) is 9.38. The molecule has 1 amide bonds. The van der Waals surface area contributed by atoms with Gasteiger partial charge in [-0.3, -0.25) is 4.79 Å². The average molecular weight is 376 g/mol. The van der Waals surface area contributed by atoms with Crippen LogP contribution in [0.5, 0.6) is 0 Å². The molecule has 0 radical (unpaired) electrons. The van der Waals surface area contributed by atoms with Crippen molar-refractivity contribution in [1.29, 1.82) is 0 Å². The van der Waals surface area contributed by atoms with Crippen LogP contribution >= 0.6 is 0 Å². The first kappa shape index (κ1) is 19.9. The maximum Gasteiger partial charge on any atom is 0.253 e. The molecule has 0 saturated heterocycles. The van der Waals surface area contributed by atoms with Crippen molar-refractivity contribution >= 4 is 5.91 Å². The molecule has 0 aliphatic rings. The molecule has 3 aromatic rings. The van der Waals surface area contributed by atoms with Crippen molar-refractivity contribution in [2.24, 2.45) is 0 Å². The predicted octanol–water partition coefficient (Wildman–Crippen LogP) is 4.02. The Morgan fingerprint density at radius 1 is 0.964 bits per heavy atom. The van der Waals surface area contributed by atoms with E-state index in [0.29, 0.717) is 6.54 Å². The molecule has 0 aliphatic carbocycles. The van der Waals surface area contributed by atoms with E-state index in [4.69, 9.17) is 0 Å². The summed E-state index contributed by atoms with van der Waals surface area (Å²) < 4.78 is 2.20. The molecule has 28 heavy (non-hydrogen) atoms. The van der Waals surface area contributed by atoms with Crippen LogP contribution in [0.15, 0.2) is 66.7 Å². The zero-order valence-electron chi connectivity index (χ0n) is 17.0. The highest BCUT2D eigenvalue weighted by Crippen LogP contribution is 2.17. The maximum atomic E-state index is 12.7. The molecular weight excluding hydrogens is 346 g/mol. The Morgan fingerprint density at radius 3 is 2.21 bits per heavy atom. The summed E-state index contributed by atoms with van der Waals surface area (Å²) >= 11 is 0. The van der Waals surface area contributed by atoms with Gasteiger partial charge in [-0.1, -0.05) is 60.7 Å². The van der Waals surface area contributed by atoms with Gasteiger partial charge in [-0.15, -0.1) is 0 Å². The van der Waals surface area contributed by atoms with Crippen molar-refractivity contribution < 1.29 is 4.79 Å². The van der Waals surface area contributed by atoms with Crippen molar-refractivity contribution in [2.45, 2.75) is 26.9 Å². The van der Waals surface area contributed by atoms with Gasteiger partial charge in [-0.2, -0.15) is 0 Å². The quantitative estimate of drug-likeness (QED) is 0.646. The molecule has 146 valence electrons. The molecule has 1 aromatic heterocycles. The molecule has 3 rings (SSSR count). The van der Waals surface area contributed by atoms with Crippen LogP contribution in [0.1, 0.15) is 32.9 Å². The van der Waals surface area contributed by atoms with Crippen molar-refractivity contribution in [3.05, 3.63) is 94.8 Å².